The van der Waals surface area contributed by atoms with Gasteiger partial charge in [0, 0.05) is 19.7 Å². The molecule has 0 radical (unpaired) electrons. The van der Waals surface area contributed by atoms with Gasteiger partial charge in [0.1, 0.15) is 13.2 Å². The first-order chi connectivity index (χ1) is 10.8. The van der Waals surface area contributed by atoms with Crippen LogP contribution in [0.5, 0.6) is 11.5 Å². The summed E-state index contributed by atoms with van der Waals surface area (Å²) in [6.45, 7) is 5.38. The number of ether oxygens (including phenoxy) is 4. The second-order valence-electron chi connectivity index (χ2n) is 5.93. The molecule has 122 valence electrons. The fourth-order valence-corrected chi connectivity index (χ4v) is 2.79. The molecule has 0 aliphatic carbocycles. The van der Waals surface area contributed by atoms with Crippen LogP contribution in [0.25, 0.3) is 0 Å². The van der Waals surface area contributed by atoms with Gasteiger partial charge in [0.25, 0.3) is 0 Å². The number of fused-ring (bicyclic) bond motifs is 1. The predicted octanol–water partition coefficient (Wildman–Crippen LogP) is 2.09. The molecule has 0 bridgehead atoms. The lowest BCUT2D eigenvalue weighted by Crippen LogP contribution is -2.25. The highest BCUT2D eigenvalue weighted by Gasteiger charge is 2.15. The van der Waals surface area contributed by atoms with E-state index in [-0.39, 0.29) is 0 Å². The fourth-order valence-electron chi connectivity index (χ4n) is 2.79. The standard InChI is InChI=1S/C17H25NO4/c1-18(6-8-19-13-15-3-2-7-20-15)12-14-4-5-16-17(11-14)22-10-9-21-16/h4-5,11,15H,2-3,6-10,12-13H2,1H3/t15-/m0/s1. The third-order valence-electron chi connectivity index (χ3n) is 4.00. The molecule has 0 N–H and O–H groups in total. The molecule has 1 aromatic rings. The third-order valence-corrected chi connectivity index (χ3v) is 4.00. The summed E-state index contributed by atoms with van der Waals surface area (Å²) >= 11 is 0. The Morgan fingerprint density at radius 3 is 2.86 bits per heavy atom. The molecule has 1 atom stereocenters. The summed E-state index contributed by atoms with van der Waals surface area (Å²) in [6, 6.07) is 6.15. The number of hydrogen-bond donors (Lipinski definition) is 0. The quantitative estimate of drug-likeness (QED) is 0.721. The zero-order chi connectivity index (χ0) is 15.2. The van der Waals surface area contributed by atoms with Crippen molar-refractivity contribution in [2.75, 3.05) is 46.6 Å². The predicted molar refractivity (Wildman–Crippen MR) is 83.6 cm³/mol. The maximum Gasteiger partial charge on any atom is 0.161 e. The third kappa shape index (κ3) is 4.35. The molecule has 0 saturated carbocycles. The van der Waals surface area contributed by atoms with E-state index in [0.29, 0.717) is 19.3 Å². The smallest absolute Gasteiger partial charge is 0.161 e. The van der Waals surface area contributed by atoms with Gasteiger partial charge in [0.05, 0.1) is 19.3 Å². The molecule has 22 heavy (non-hydrogen) atoms. The van der Waals surface area contributed by atoms with Crippen molar-refractivity contribution < 1.29 is 18.9 Å². The van der Waals surface area contributed by atoms with Gasteiger partial charge in [-0.25, -0.2) is 0 Å². The molecule has 0 amide bonds. The van der Waals surface area contributed by atoms with E-state index in [4.69, 9.17) is 18.9 Å². The summed E-state index contributed by atoms with van der Waals surface area (Å²) in [7, 11) is 2.10. The molecule has 5 nitrogen and oxygen atoms in total. The van der Waals surface area contributed by atoms with E-state index in [2.05, 4.69) is 24.1 Å². The first kappa shape index (κ1) is 15.6. The molecular weight excluding hydrogens is 282 g/mol. The van der Waals surface area contributed by atoms with Crippen molar-refractivity contribution in [2.24, 2.45) is 0 Å². The molecule has 0 aromatic heterocycles. The number of nitrogens with zero attached hydrogens (tertiary/aromatic N) is 1. The Labute approximate surface area is 132 Å². The van der Waals surface area contributed by atoms with Crippen LogP contribution in [0.4, 0.5) is 0 Å². The van der Waals surface area contributed by atoms with Crippen LogP contribution in [0.3, 0.4) is 0 Å². The molecule has 2 aliphatic heterocycles. The molecule has 3 rings (SSSR count). The number of rotatable bonds is 7. The normalized spacial score (nSPS) is 20.5. The minimum Gasteiger partial charge on any atom is -0.486 e. The lowest BCUT2D eigenvalue weighted by molar-refractivity contribution is 0.0117. The Kier molecular flexibility index (Phi) is 5.53. The highest BCUT2D eigenvalue weighted by molar-refractivity contribution is 5.43. The molecule has 0 unspecified atom stereocenters. The van der Waals surface area contributed by atoms with Crippen LogP contribution in [-0.4, -0.2) is 57.6 Å². The Morgan fingerprint density at radius 1 is 1.18 bits per heavy atom. The SMILES string of the molecule is CN(CCOC[C@@H]1CCCO1)Cc1ccc2c(c1)OCCO2. The minimum atomic E-state index is 0.308. The molecule has 0 spiro atoms. The molecular formula is C17H25NO4. The minimum absolute atomic E-state index is 0.308. The van der Waals surface area contributed by atoms with E-state index in [1.807, 2.05) is 6.07 Å². The maximum atomic E-state index is 5.71. The lowest BCUT2D eigenvalue weighted by Gasteiger charge is -2.21. The molecule has 1 aromatic carbocycles. The van der Waals surface area contributed by atoms with Crippen molar-refractivity contribution in [3.05, 3.63) is 23.8 Å². The van der Waals surface area contributed by atoms with E-state index >= 15 is 0 Å². The van der Waals surface area contributed by atoms with Crippen LogP contribution in [0.2, 0.25) is 0 Å². The largest absolute Gasteiger partial charge is 0.486 e. The summed E-state index contributed by atoms with van der Waals surface area (Å²) in [4.78, 5) is 2.25. The van der Waals surface area contributed by atoms with Gasteiger partial charge in [-0.1, -0.05) is 6.07 Å². The second kappa shape index (κ2) is 7.81. The summed E-state index contributed by atoms with van der Waals surface area (Å²) in [5.41, 5.74) is 1.23. The van der Waals surface area contributed by atoms with Crippen LogP contribution >= 0.6 is 0 Å². The van der Waals surface area contributed by atoms with Crippen LogP contribution in [0.15, 0.2) is 18.2 Å². The maximum absolute atomic E-state index is 5.71. The number of benzene rings is 1. The molecule has 2 aliphatic rings. The van der Waals surface area contributed by atoms with Crippen molar-refractivity contribution in [1.82, 2.24) is 4.90 Å². The van der Waals surface area contributed by atoms with Crippen LogP contribution in [-0.2, 0) is 16.0 Å². The van der Waals surface area contributed by atoms with Gasteiger partial charge in [0.2, 0.25) is 0 Å². The summed E-state index contributed by atoms with van der Waals surface area (Å²) in [5.74, 6) is 1.70. The average molecular weight is 307 g/mol. The van der Waals surface area contributed by atoms with Crippen LogP contribution < -0.4 is 9.47 Å². The van der Waals surface area contributed by atoms with Gasteiger partial charge in [-0.15, -0.1) is 0 Å². The highest BCUT2D eigenvalue weighted by Crippen LogP contribution is 2.30. The van der Waals surface area contributed by atoms with Crippen molar-refractivity contribution >= 4 is 0 Å². The average Bonchev–Trinajstić information content (AvgIpc) is 3.05. The topological polar surface area (TPSA) is 40.2 Å². The zero-order valence-electron chi connectivity index (χ0n) is 13.3. The fraction of sp³-hybridized carbons (Fsp3) is 0.647. The summed E-state index contributed by atoms with van der Waals surface area (Å²) in [5, 5.41) is 0. The van der Waals surface area contributed by atoms with Gasteiger partial charge in [-0.05, 0) is 37.6 Å². The highest BCUT2D eigenvalue weighted by atomic mass is 16.6. The van der Waals surface area contributed by atoms with Crippen LogP contribution in [0, 0.1) is 0 Å². The van der Waals surface area contributed by atoms with Crippen molar-refractivity contribution in [1.29, 1.82) is 0 Å². The molecule has 5 heteroatoms. The van der Waals surface area contributed by atoms with Crippen molar-refractivity contribution in [2.45, 2.75) is 25.5 Å². The van der Waals surface area contributed by atoms with Gasteiger partial charge < -0.3 is 18.9 Å². The first-order valence-electron chi connectivity index (χ1n) is 8.08. The summed E-state index contributed by atoms with van der Waals surface area (Å²) in [6.07, 6.45) is 2.61. The van der Waals surface area contributed by atoms with E-state index in [0.717, 1.165) is 57.3 Å². The van der Waals surface area contributed by atoms with Gasteiger partial charge in [-0.2, -0.15) is 0 Å². The Morgan fingerprint density at radius 2 is 2.05 bits per heavy atom. The molecule has 1 saturated heterocycles. The molecule has 1 fully saturated rings. The van der Waals surface area contributed by atoms with E-state index in [1.165, 1.54) is 5.56 Å². The first-order valence-corrected chi connectivity index (χ1v) is 8.08. The number of hydrogen-bond acceptors (Lipinski definition) is 5. The van der Waals surface area contributed by atoms with Crippen molar-refractivity contribution in [3.63, 3.8) is 0 Å². The van der Waals surface area contributed by atoms with Gasteiger partial charge in [-0.3, -0.25) is 4.90 Å². The van der Waals surface area contributed by atoms with E-state index in [1.54, 1.807) is 0 Å². The van der Waals surface area contributed by atoms with Gasteiger partial charge in [0.15, 0.2) is 11.5 Å². The monoisotopic (exact) mass is 307 g/mol. The van der Waals surface area contributed by atoms with Gasteiger partial charge >= 0.3 is 0 Å². The lowest BCUT2D eigenvalue weighted by atomic mass is 10.2. The Hall–Kier alpha value is -1.30. The van der Waals surface area contributed by atoms with E-state index < -0.39 is 0 Å². The van der Waals surface area contributed by atoms with E-state index in [9.17, 15) is 0 Å². The second-order valence-corrected chi connectivity index (χ2v) is 5.93. The number of likely N-dealkylation sites (N-methyl/N-ethyl adjacent to an activating group) is 1. The van der Waals surface area contributed by atoms with Crippen molar-refractivity contribution in [3.8, 4) is 11.5 Å². The Balaban J connectivity index is 1.38. The Bertz CT molecular complexity index is 474. The summed E-state index contributed by atoms with van der Waals surface area (Å²) < 4.78 is 22.4. The molecule has 2 heterocycles. The zero-order valence-corrected chi connectivity index (χ0v) is 13.3. The van der Waals surface area contributed by atoms with Crippen LogP contribution in [0.1, 0.15) is 18.4 Å².